The quantitative estimate of drug-likeness (QED) is 0.584. The molecular weight excluding hydrogens is 226 g/mol. The van der Waals surface area contributed by atoms with Crippen molar-refractivity contribution in [3.05, 3.63) is 0 Å². The van der Waals surface area contributed by atoms with E-state index < -0.39 is 11.9 Å². The smallest absolute Gasteiger partial charge is 0.327 e. The zero-order valence-corrected chi connectivity index (χ0v) is 10.3. The van der Waals surface area contributed by atoms with Gasteiger partial charge in [-0.2, -0.15) is 0 Å². The van der Waals surface area contributed by atoms with Crippen molar-refractivity contribution in [1.82, 2.24) is 0 Å². The van der Waals surface area contributed by atoms with Gasteiger partial charge >= 0.3 is 11.9 Å². The molecule has 1 saturated carbocycles. The van der Waals surface area contributed by atoms with Gasteiger partial charge in [0.15, 0.2) is 0 Å². The first-order valence-corrected chi connectivity index (χ1v) is 6.89. The molecule has 2 N–H and O–H groups in total. The van der Waals surface area contributed by atoms with Gasteiger partial charge < -0.3 is 10.5 Å². The van der Waals surface area contributed by atoms with Gasteiger partial charge in [0.25, 0.3) is 0 Å². The summed E-state index contributed by atoms with van der Waals surface area (Å²) < 4.78 is 4.47. The minimum absolute atomic E-state index is 0.237. The van der Waals surface area contributed by atoms with Gasteiger partial charge in [0.2, 0.25) is 0 Å². The molecule has 0 heterocycles. The maximum absolute atomic E-state index is 11.1. The summed E-state index contributed by atoms with van der Waals surface area (Å²) in [7, 11) is 0. The van der Waals surface area contributed by atoms with Crippen molar-refractivity contribution in [3.63, 3.8) is 0 Å². The van der Waals surface area contributed by atoms with Gasteiger partial charge in [-0.25, -0.2) is 0 Å². The van der Waals surface area contributed by atoms with Crippen molar-refractivity contribution in [2.45, 2.75) is 32.1 Å². The average molecular weight is 245 g/mol. The molecule has 1 aliphatic rings. The monoisotopic (exact) mass is 245 g/mol. The predicted molar refractivity (Wildman–Crippen MR) is 64.1 cm³/mol. The standard InChI is InChI=1S/C11H19NO3S/c12-6-10(13)15-11(14)8-16-7-9-4-2-1-3-5-9/h9H,1-8,12H2. The minimum atomic E-state index is -0.650. The Morgan fingerprint density at radius 1 is 1.19 bits per heavy atom. The molecule has 92 valence electrons. The van der Waals surface area contributed by atoms with Gasteiger partial charge in [-0.3, -0.25) is 9.59 Å². The Hall–Kier alpha value is -0.550. The normalized spacial score (nSPS) is 17.1. The van der Waals surface area contributed by atoms with Crippen molar-refractivity contribution in [2.24, 2.45) is 11.7 Å². The summed E-state index contributed by atoms with van der Waals surface area (Å²) >= 11 is 1.55. The highest BCUT2D eigenvalue weighted by Crippen LogP contribution is 2.26. The van der Waals surface area contributed by atoms with Crippen LogP contribution in [0.2, 0.25) is 0 Å². The SMILES string of the molecule is NCC(=O)OC(=O)CSCC1CCCCC1. The van der Waals surface area contributed by atoms with E-state index in [-0.39, 0.29) is 12.3 Å². The highest BCUT2D eigenvalue weighted by molar-refractivity contribution is 7.99. The summed E-state index contributed by atoms with van der Waals surface area (Å²) in [6.07, 6.45) is 6.49. The fourth-order valence-electron chi connectivity index (χ4n) is 1.86. The lowest BCUT2D eigenvalue weighted by Crippen LogP contribution is -2.22. The van der Waals surface area contributed by atoms with Gasteiger partial charge in [0.1, 0.15) is 0 Å². The molecule has 0 aromatic rings. The van der Waals surface area contributed by atoms with Crippen molar-refractivity contribution >= 4 is 23.7 Å². The Kier molecular flexibility index (Phi) is 6.49. The lowest BCUT2D eigenvalue weighted by atomic mass is 9.91. The zero-order chi connectivity index (χ0) is 11.8. The number of rotatable bonds is 5. The fraction of sp³-hybridized carbons (Fsp3) is 0.818. The molecule has 1 fully saturated rings. The van der Waals surface area contributed by atoms with Crippen LogP contribution in [-0.4, -0.2) is 30.0 Å². The Labute approximate surface area is 100 Å². The second kappa shape index (κ2) is 7.68. The lowest BCUT2D eigenvalue weighted by molar-refractivity contribution is -0.156. The van der Waals surface area contributed by atoms with Crippen LogP contribution in [-0.2, 0) is 14.3 Å². The van der Waals surface area contributed by atoms with Crippen LogP contribution in [0.3, 0.4) is 0 Å². The van der Waals surface area contributed by atoms with Crippen LogP contribution in [0.25, 0.3) is 0 Å². The molecule has 0 unspecified atom stereocenters. The Bertz CT molecular complexity index is 239. The van der Waals surface area contributed by atoms with E-state index in [0.717, 1.165) is 11.7 Å². The fourth-order valence-corrected chi connectivity index (χ4v) is 2.87. The lowest BCUT2D eigenvalue weighted by Gasteiger charge is -2.20. The average Bonchev–Trinajstić information content (AvgIpc) is 2.30. The Morgan fingerprint density at radius 2 is 1.88 bits per heavy atom. The molecule has 0 saturated heterocycles. The summed E-state index contributed by atoms with van der Waals surface area (Å²) in [5.74, 6) is 0.852. The van der Waals surface area contributed by atoms with Crippen LogP contribution in [0.15, 0.2) is 0 Å². The second-order valence-electron chi connectivity index (χ2n) is 4.07. The third-order valence-corrected chi connectivity index (χ3v) is 3.84. The molecule has 4 nitrogen and oxygen atoms in total. The van der Waals surface area contributed by atoms with Gasteiger partial charge in [-0.05, 0) is 24.5 Å². The summed E-state index contributed by atoms with van der Waals surface area (Å²) in [5, 5.41) is 0. The molecule has 0 aromatic carbocycles. The number of nitrogens with two attached hydrogens (primary N) is 1. The third kappa shape index (κ3) is 5.51. The molecule has 5 heteroatoms. The van der Waals surface area contributed by atoms with E-state index >= 15 is 0 Å². The van der Waals surface area contributed by atoms with Crippen LogP contribution in [0.4, 0.5) is 0 Å². The summed E-state index contributed by atoms with van der Waals surface area (Å²) in [4.78, 5) is 21.8. The Balaban J connectivity index is 2.05. The zero-order valence-electron chi connectivity index (χ0n) is 9.44. The molecular formula is C11H19NO3S. The third-order valence-electron chi connectivity index (χ3n) is 2.69. The maximum atomic E-state index is 11.1. The minimum Gasteiger partial charge on any atom is -0.392 e. The van der Waals surface area contributed by atoms with Gasteiger partial charge in [0.05, 0.1) is 12.3 Å². The largest absolute Gasteiger partial charge is 0.392 e. The van der Waals surface area contributed by atoms with Crippen molar-refractivity contribution in [2.75, 3.05) is 18.1 Å². The molecule has 16 heavy (non-hydrogen) atoms. The molecule has 0 bridgehead atoms. The summed E-state index contributed by atoms with van der Waals surface area (Å²) in [6.45, 7) is -0.237. The Morgan fingerprint density at radius 3 is 2.50 bits per heavy atom. The number of carbonyl (C=O) groups is 2. The van der Waals surface area contributed by atoms with E-state index in [1.165, 1.54) is 32.1 Å². The first kappa shape index (κ1) is 13.5. The van der Waals surface area contributed by atoms with E-state index in [0.29, 0.717) is 0 Å². The topological polar surface area (TPSA) is 69.4 Å². The number of ether oxygens (including phenoxy) is 1. The highest BCUT2D eigenvalue weighted by atomic mass is 32.2. The van der Waals surface area contributed by atoms with Gasteiger partial charge in [0, 0.05) is 0 Å². The van der Waals surface area contributed by atoms with Gasteiger partial charge in [-0.1, -0.05) is 19.3 Å². The molecule has 0 radical (unpaired) electrons. The summed E-state index contributed by atoms with van der Waals surface area (Å²) in [6, 6.07) is 0. The number of hydrogen-bond acceptors (Lipinski definition) is 5. The predicted octanol–water partition coefficient (Wildman–Crippen LogP) is 1.33. The van der Waals surface area contributed by atoms with E-state index in [9.17, 15) is 9.59 Å². The first-order valence-electron chi connectivity index (χ1n) is 5.73. The van der Waals surface area contributed by atoms with Crippen molar-refractivity contribution in [3.8, 4) is 0 Å². The number of hydrogen-bond donors (Lipinski definition) is 1. The van der Waals surface area contributed by atoms with Crippen LogP contribution in [0.5, 0.6) is 0 Å². The number of esters is 2. The number of carbonyl (C=O) groups excluding carboxylic acids is 2. The van der Waals surface area contributed by atoms with E-state index in [4.69, 9.17) is 5.73 Å². The number of thioether (sulfide) groups is 1. The first-order chi connectivity index (χ1) is 7.72. The highest BCUT2D eigenvalue weighted by Gasteiger charge is 2.15. The molecule has 0 aromatic heterocycles. The van der Waals surface area contributed by atoms with Crippen molar-refractivity contribution in [1.29, 1.82) is 0 Å². The molecule has 0 aliphatic heterocycles. The molecule has 0 amide bonds. The van der Waals surface area contributed by atoms with Crippen LogP contribution in [0, 0.1) is 5.92 Å². The van der Waals surface area contributed by atoms with Crippen LogP contribution < -0.4 is 5.73 Å². The second-order valence-corrected chi connectivity index (χ2v) is 5.10. The van der Waals surface area contributed by atoms with E-state index in [2.05, 4.69) is 4.74 Å². The summed E-state index contributed by atoms with van der Waals surface area (Å²) in [5.41, 5.74) is 5.03. The maximum Gasteiger partial charge on any atom is 0.327 e. The molecule has 0 spiro atoms. The molecule has 1 aliphatic carbocycles. The van der Waals surface area contributed by atoms with Crippen LogP contribution in [0.1, 0.15) is 32.1 Å². The molecule has 1 rings (SSSR count). The van der Waals surface area contributed by atoms with Gasteiger partial charge in [-0.15, -0.1) is 11.8 Å². The van der Waals surface area contributed by atoms with Crippen LogP contribution >= 0.6 is 11.8 Å². The van der Waals surface area contributed by atoms with E-state index in [1.807, 2.05) is 0 Å². The van der Waals surface area contributed by atoms with Crippen molar-refractivity contribution < 1.29 is 14.3 Å². The molecule has 0 atom stereocenters. The van der Waals surface area contributed by atoms with E-state index in [1.54, 1.807) is 11.8 Å².